The molecule has 0 saturated carbocycles. The Labute approximate surface area is 617 Å². The molecule has 504 valence electrons. The molecule has 4 heterocycles. The SMILES string of the molecule is CC1(C)c2cc(-c3ccc4c5ccccc5c5nc6ccccc6n5c4c3)ccc2-c2ccc(P(=O)(c3ccccc3)c3ccccc3)cc21.O=P(c1ccccc1)(c1ccccc1)c1ccc2ccc3c(-c4ccc(-c5ccc6c7ccccc7c7nc8ccccc8n7c6c5)cc4)ccc4ccc1c2c43. The Kier molecular flexibility index (Phi) is 14.1. The predicted molar refractivity (Wildman–Crippen MR) is 452 cm³/mol. The van der Waals surface area contributed by atoms with Gasteiger partial charge in [0.25, 0.3) is 0 Å². The number of hydrogen-bond donors (Lipinski definition) is 0. The largest absolute Gasteiger partial charge is 0.309 e. The molecule has 0 fully saturated rings. The number of fused-ring (bicyclic) bond motifs is 19. The van der Waals surface area contributed by atoms with Crippen molar-refractivity contribution >= 4 is 155 Å². The highest BCUT2D eigenvalue weighted by atomic mass is 31.2. The molecule has 21 aromatic rings. The average Bonchev–Trinajstić information content (AvgIpc) is 1.23. The van der Waals surface area contributed by atoms with E-state index in [9.17, 15) is 0 Å². The van der Waals surface area contributed by atoms with Crippen LogP contribution in [0.5, 0.6) is 0 Å². The molecule has 0 saturated heterocycles. The standard InChI is InChI=1S/C53H33N2OP.C46H33N2OP/c56-57(39-11-3-1-4-12-39,40-13-5-2-6-14-40)50-32-27-37-24-30-44-41(28-23-36-25-31-46(50)52(37)51(36)44)35-21-19-34(20-22-35)38-26-29-43-42-15-7-8-16-45(42)53-54-47-17-9-10-18-48(47)55(53)49(43)33-38;1-46(2)40-27-30(31-22-25-38-35-17-9-10-18-39(35)45-47-42-19-11-12-20-43(42)48(45)44(38)28-31)21-24-36(40)37-26-23-34(29-41(37)46)50(49,32-13-5-3-6-14-32)33-15-7-4-8-16-33/h1-33H;3-29H,1-2H3. The quantitative estimate of drug-likeness (QED) is 0.107. The number of para-hydroxylation sites is 4. The van der Waals surface area contributed by atoms with Crippen LogP contribution in [0.4, 0.5) is 0 Å². The summed E-state index contributed by atoms with van der Waals surface area (Å²) >= 11 is 0. The van der Waals surface area contributed by atoms with Gasteiger partial charge in [-0.15, -0.1) is 0 Å². The Hall–Kier alpha value is -12.8. The number of benzene rings is 17. The number of hydrogen-bond acceptors (Lipinski definition) is 4. The fourth-order valence-corrected chi connectivity index (χ4v) is 23.2. The van der Waals surface area contributed by atoms with E-state index >= 15 is 9.13 Å². The Morgan fingerprint density at radius 1 is 0.262 bits per heavy atom. The van der Waals surface area contributed by atoms with Crippen LogP contribution in [0, 0.1) is 0 Å². The molecule has 0 atom stereocenters. The second kappa shape index (κ2) is 24.1. The van der Waals surface area contributed by atoms with Crippen molar-refractivity contribution in [2.45, 2.75) is 19.3 Å². The van der Waals surface area contributed by atoms with E-state index in [1.165, 1.54) is 76.6 Å². The van der Waals surface area contributed by atoms with E-state index in [0.717, 1.165) is 120 Å². The first-order valence-electron chi connectivity index (χ1n) is 36.6. The average molecular weight is 1410 g/mol. The maximum atomic E-state index is 15.6. The molecule has 4 aromatic heterocycles. The number of aromatic nitrogens is 4. The lowest BCUT2D eigenvalue weighted by Crippen LogP contribution is -2.26. The smallest absolute Gasteiger partial charge is 0.171 e. The van der Waals surface area contributed by atoms with Gasteiger partial charge in [-0.25, -0.2) is 9.97 Å². The molecule has 22 rings (SSSR count). The molecule has 107 heavy (non-hydrogen) atoms. The van der Waals surface area contributed by atoms with E-state index in [1.807, 2.05) is 121 Å². The summed E-state index contributed by atoms with van der Waals surface area (Å²) in [4.78, 5) is 10.2. The van der Waals surface area contributed by atoms with E-state index in [2.05, 4.69) is 265 Å². The zero-order chi connectivity index (χ0) is 71.3. The fraction of sp³-hybridized carbons (Fsp3) is 0.0303. The minimum Gasteiger partial charge on any atom is -0.309 e. The van der Waals surface area contributed by atoms with Crippen LogP contribution in [0.2, 0.25) is 0 Å². The molecule has 0 bridgehead atoms. The Bertz CT molecular complexity index is 7250. The van der Waals surface area contributed by atoms with E-state index in [0.29, 0.717) is 0 Å². The summed E-state index contributed by atoms with van der Waals surface area (Å²) in [5, 5.41) is 19.2. The highest BCUT2D eigenvalue weighted by Gasteiger charge is 2.39. The van der Waals surface area contributed by atoms with Gasteiger partial charge in [0.05, 0.1) is 33.1 Å². The molecule has 0 spiro atoms. The maximum absolute atomic E-state index is 15.6. The number of rotatable bonds is 9. The number of imidazole rings is 2. The molecule has 6 nitrogen and oxygen atoms in total. The summed E-state index contributed by atoms with van der Waals surface area (Å²) in [7, 11) is -6.29. The lowest BCUT2D eigenvalue weighted by molar-refractivity contribution is 0.591. The van der Waals surface area contributed by atoms with Crippen LogP contribution in [0.15, 0.2) is 364 Å². The van der Waals surface area contributed by atoms with Gasteiger partial charge >= 0.3 is 0 Å². The van der Waals surface area contributed by atoms with Crippen molar-refractivity contribution in [2.24, 2.45) is 0 Å². The normalized spacial score (nSPS) is 12.9. The second-order valence-electron chi connectivity index (χ2n) is 28.9. The van der Waals surface area contributed by atoms with Crippen molar-refractivity contribution in [3.63, 3.8) is 0 Å². The summed E-state index contributed by atoms with van der Waals surface area (Å²) in [5.74, 6) is 0. The molecular weight excluding hydrogens is 1340 g/mol. The van der Waals surface area contributed by atoms with Crippen LogP contribution in [-0.4, -0.2) is 18.8 Å². The maximum Gasteiger partial charge on any atom is 0.171 e. The van der Waals surface area contributed by atoms with Crippen LogP contribution in [-0.2, 0) is 14.5 Å². The van der Waals surface area contributed by atoms with Crippen LogP contribution in [0.25, 0.3) is 154 Å². The monoisotopic (exact) mass is 1400 g/mol. The van der Waals surface area contributed by atoms with E-state index in [4.69, 9.17) is 9.97 Å². The van der Waals surface area contributed by atoms with Crippen LogP contribution in [0.1, 0.15) is 25.0 Å². The Morgan fingerprint density at radius 2 is 0.636 bits per heavy atom. The predicted octanol–water partition coefficient (Wildman–Crippen LogP) is 23.1. The molecule has 1 aliphatic rings. The highest BCUT2D eigenvalue weighted by molar-refractivity contribution is 7.86. The van der Waals surface area contributed by atoms with Crippen LogP contribution >= 0.6 is 14.3 Å². The van der Waals surface area contributed by atoms with Gasteiger partial charge in [-0.3, -0.25) is 8.80 Å². The fourth-order valence-electron chi connectivity index (χ4n) is 17.7. The van der Waals surface area contributed by atoms with Gasteiger partial charge in [-0.05, 0) is 153 Å². The van der Waals surface area contributed by atoms with Gasteiger partial charge in [0.1, 0.15) is 11.3 Å². The Morgan fingerprint density at radius 3 is 1.18 bits per heavy atom. The first-order chi connectivity index (χ1) is 52.6. The lowest BCUT2D eigenvalue weighted by Gasteiger charge is -2.25. The van der Waals surface area contributed by atoms with Gasteiger partial charge in [-0.2, -0.15) is 0 Å². The van der Waals surface area contributed by atoms with Crippen LogP contribution < -0.4 is 31.8 Å². The summed E-state index contributed by atoms with van der Waals surface area (Å²) in [5.41, 5.74) is 20.1. The first-order valence-corrected chi connectivity index (χ1v) is 40.0. The molecule has 0 radical (unpaired) electrons. The van der Waals surface area contributed by atoms with Crippen molar-refractivity contribution < 1.29 is 9.13 Å². The molecular formula is C99H66N4O2P2. The molecule has 1 aliphatic carbocycles. The second-order valence-corrected chi connectivity index (χ2v) is 34.4. The van der Waals surface area contributed by atoms with Crippen molar-refractivity contribution in [3.05, 3.63) is 375 Å². The summed E-state index contributed by atoms with van der Waals surface area (Å²) in [6.45, 7) is 4.60. The van der Waals surface area contributed by atoms with Gasteiger partial charge in [0, 0.05) is 58.8 Å². The topological polar surface area (TPSA) is 68.7 Å². The third-order valence-electron chi connectivity index (χ3n) is 22.9. The van der Waals surface area contributed by atoms with Gasteiger partial charge in [-0.1, -0.05) is 323 Å². The van der Waals surface area contributed by atoms with Gasteiger partial charge < -0.3 is 9.13 Å². The molecule has 0 aliphatic heterocycles. The molecule has 17 aromatic carbocycles. The molecule has 0 N–H and O–H groups in total. The lowest BCUT2D eigenvalue weighted by atomic mass is 9.81. The Balaban J connectivity index is 0.000000138. The van der Waals surface area contributed by atoms with Gasteiger partial charge in [0.2, 0.25) is 0 Å². The molecule has 0 amide bonds. The third kappa shape index (κ3) is 9.53. The van der Waals surface area contributed by atoms with Crippen molar-refractivity contribution in [2.75, 3.05) is 0 Å². The summed E-state index contributed by atoms with van der Waals surface area (Å²) in [6.07, 6.45) is 0. The number of nitrogens with zero attached hydrogens (tertiary/aromatic N) is 4. The first kappa shape index (κ1) is 62.7. The minimum atomic E-state index is -3.20. The van der Waals surface area contributed by atoms with E-state index < -0.39 is 14.3 Å². The van der Waals surface area contributed by atoms with Crippen molar-refractivity contribution in [1.82, 2.24) is 18.8 Å². The van der Waals surface area contributed by atoms with E-state index in [1.54, 1.807) is 0 Å². The van der Waals surface area contributed by atoms with E-state index in [-0.39, 0.29) is 5.41 Å². The third-order valence-corrected chi connectivity index (χ3v) is 29.0. The summed E-state index contributed by atoms with van der Waals surface area (Å²) in [6, 6.07) is 127. The zero-order valence-corrected chi connectivity index (χ0v) is 60.4. The summed E-state index contributed by atoms with van der Waals surface area (Å²) < 4.78 is 35.6. The van der Waals surface area contributed by atoms with Gasteiger partial charge in [0.15, 0.2) is 14.3 Å². The van der Waals surface area contributed by atoms with Crippen molar-refractivity contribution in [1.29, 1.82) is 0 Å². The zero-order valence-electron chi connectivity index (χ0n) is 58.6. The van der Waals surface area contributed by atoms with Crippen LogP contribution in [0.3, 0.4) is 0 Å². The molecule has 8 heteroatoms. The van der Waals surface area contributed by atoms with Crippen molar-refractivity contribution in [3.8, 4) is 44.5 Å². The highest BCUT2D eigenvalue weighted by Crippen LogP contribution is 2.53. The number of pyridine rings is 2. The minimum absolute atomic E-state index is 0.282. The molecule has 0 unspecified atom stereocenters.